The summed E-state index contributed by atoms with van der Waals surface area (Å²) in [6.07, 6.45) is 0.524. The topological polar surface area (TPSA) is 80.5 Å². The van der Waals surface area contributed by atoms with Gasteiger partial charge in [0.25, 0.3) is 0 Å². The van der Waals surface area contributed by atoms with Gasteiger partial charge in [-0.2, -0.15) is 0 Å². The molecule has 0 N–H and O–H groups in total. The number of sulfone groups is 1. The minimum Gasteiger partial charge on any atom is -0.361 e. The van der Waals surface area contributed by atoms with Gasteiger partial charge in [-0.15, -0.1) is 0 Å². The standard InChI is InChI=1S/C23H22Cl2N2O4S/c1-14-11-16(26-31-14)13-32(29,30)22-8-3-5-17-15(2)27(10-9-18(17)22)23(28)12-19-20(24)6-4-7-21(19)25/h3-8,11,15H,9-10,12-13H2,1-2H3/t15-/m0/s1. The van der Waals surface area contributed by atoms with Gasteiger partial charge in [0, 0.05) is 22.7 Å². The molecule has 0 saturated heterocycles. The number of hydrogen-bond acceptors (Lipinski definition) is 5. The second-order valence-electron chi connectivity index (χ2n) is 7.90. The molecule has 1 aliphatic rings. The van der Waals surface area contributed by atoms with E-state index in [0.29, 0.717) is 40.0 Å². The van der Waals surface area contributed by atoms with Crippen molar-refractivity contribution < 1.29 is 17.7 Å². The molecule has 32 heavy (non-hydrogen) atoms. The maximum atomic E-state index is 13.1. The van der Waals surface area contributed by atoms with Gasteiger partial charge in [-0.25, -0.2) is 8.42 Å². The lowest BCUT2D eigenvalue weighted by Gasteiger charge is -2.36. The van der Waals surface area contributed by atoms with Crippen LogP contribution in [-0.2, 0) is 33.2 Å². The minimum atomic E-state index is -3.62. The number of carbonyl (C=O) groups excluding carboxylic acids is 1. The van der Waals surface area contributed by atoms with Crippen molar-refractivity contribution in [2.45, 2.75) is 43.4 Å². The number of amides is 1. The quantitative estimate of drug-likeness (QED) is 0.503. The van der Waals surface area contributed by atoms with E-state index in [1.54, 1.807) is 48.2 Å². The third kappa shape index (κ3) is 4.42. The fourth-order valence-corrected chi connectivity index (χ4v) is 6.27. The molecule has 9 heteroatoms. The van der Waals surface area contributed by atoms with E-state index in [0.717, 1.165) is 11.1 Å². The van der Waals surface area contributed by atoms with Gasteiger partial charge in [-0.1, -0.05) is 46.6 Å². The van der Waals surface area contributed by atoms with Crippen LogP contribution >= 0.6 is 23.2 Å². The average molecular weight is 493 g/mol. The lowest BCUT2D eigenvalue weighted by Crippen LogP contribution is -2.40. The van der Waals surface area contributed by atoms with E-state index >= 15 is 0 Å². The molecule has 0 bridgehead atoms. The van der Waals surface area contributed by atoms with Gasteiger partial charge in [0.2, 0.25) is 5.91 Å². The van der Waals surface area contributed by atoms with Crippen LogP contribution in [0.1, 0.15) is 41.1 Å². The summed E-state index contributed by atoms with van der Waals surface area (Å²) in [6, 6.07) is 11.7. The van der Waals surface area contributed by atoms with Gasteiger partial charge >= 0.3 is 0 Å². The van der Waals surface area contributed by atoms with Crippen molar-refractivity contribution >= 4 is 38.9 Å². The SMILES string of the molecule is Cc1cc(CS(=O)(=O)c2cccc3c2CCN(C(=O)Cc2c(Cl)cccc2Cl)[C@H]3C)no1. The van der Waals surface area contributed by atoms with Gasteiger partial charge in [-0.3, -0.25) is 4.79 Å². The molecule has 3 aromatic rings. The summed E-state index contributed by atoms with van der Waals surface area (Å²) < 4.78 is 31.3. The number of rotatable bonds is 5. The normalized spacial score (nSPS) is 16.1. The number of aryl methyl sites for hydroxylation is 1. The predicted molar refractivity (Wildman–Crippen MR) is 123 cm³/mol. The first kappa shape index (κ1) is 22.8. The van der Waals surface area contributed by atoms with E-state index in [2.05, 4.69) is 5.16 Å². The van der Waals surface area contributed by atoms with Gasteiger partial charge in [0.1, 0.15) is 11.5 Å². The molecule has 1 aromatic heterocycles. The van der Waals surface area contributed by atoms with Crippen LogP contribution in [0.15, 0.2) is 51.9 Å². The summed E-state index contributed by atoms with van der Waals surface area (Å²) in [7, 11) is -3.62. The van der Waals surface area contributed by atoms with Crippen LogP contribution in [0, 0.1) is 6.92 Å². The number of benzene rings is 2. The summed E-state index contributed by atoms with van der Waals surface area (Å²) in [5.41, 5.74) is 2.54. The van der Waals surface area contributed by atoms with Crippen LogP contribution in [0.2, 0.25) is 10.0 Å². The molecule has 0 radical (unpaired) electrons. The first-order chi connectivity index (χ1) is 15.2. The van der Waals surface area contributed by atoms with Crippen molar-refractivity contribution in [2.24, 2.45) is 0 Å². The van der Waals surface area contributed by atoms with Crippen molar-refractivity contribution in [1.29, 1.82) is 0 Å². The van der Waals surface area contributed by atoms with E-state index in [4.69, 9.17) is 27.7 Å². The fraction of sp³-hybridized carbons (Fsp3) is 0.304. The zero-order valence-electron chi connectivity index (χ0n) is 17.6. The van der Waals surface area contributed by atoms with Crippen molar-refractivity contribution in [3.8, 4) is 0 Å². The summed E-state index contributed by atoms with van der Waals surface area (Å²) >= 11 is 12.5. The second kappa shape index (κ2) is 8.89. The molecule has 0 unspecified atom stereocenters. The number of nitrogens with zero attached hydrogens (tertiary/aromatic N) is 2. The molecular formula is C23H22Cl2N2O4S. The fourth-order valence-electron chi connectivity index (χ4n) is 4.18. The molecule has 4 rings (SSSR count). The summed E-state index contributed by atoms with van der Waals surface area (Å²) in [5, 5.41) is 4.72. The Morgan fingerprint density at radius 3 is 2.53 bits per heavy atom. The lowest BCUT2D eigenvalue weighted by atomic mass is 9.93. The number of hydrogen-bond donors (Lipinski definition) is 0. The first-order valence-electron chi connectivity index (χ1n) is 10.2. The highest BCUT2D eigenvalue weighted by Gasteiger charge is 2.32. The molecule has 1 amide bonds. The molecule has 0 aliphatic carbocycles. The van der Waals surface area contributed by atoms with E-state index in [9.17, 15) is 13.2 Å². The van der Waals surface area contributed by atoms with Crippen molar-refractivity contribution in [3.63, 3.8) is 0 Å². The van der Waals surface area contributed by atoms with Gasteiger partial charge < -0.3 is 9.42 Å². The molecule has 2 aromatic carbocycles. The van der Waals surface area contributed by atoms with Crippen LogP contribution < -0.4 is 0 Å². The van der Waals surface area contributed by atoms with E-state index in [-0.39, 0.29) is 29.0 Å². The number of fused-ring (bicyclic) bond motifs is 1. The minimum absolute atomic E-state index is 0.0850. The third-order valence-electron chi connectivity index (χ3n) is 5.75. The van der Waals surface area contributed by atoms with E-state index in [1.807, 2.05) is 13.0 Å². The van der Waals surface area contributed by atoms with Crippen LogP contribution in [-0.4, -0.2) is 30.9 Å². The van der Waals surface area contributed by atoms with Gasteiger partial charge in [-0.05, 0) is 55.2 Å². The second-order valence-corrected chi connectivity index (χ2v) is 10.7. The van der Waals surface area contributed by atoms with Gasteiger partial charge in [0.15, 0.2) is 9.84 Å². The molecule has 168 valence electrons. The Hall–Kier alpha value is -2.35. The highest BCUT2D eigenvalue weighted by atomic mass is 35.5. The van der Waals surface area contributed by atoms with Crippen LogP contribution in [0.5, 0.6) is 0 Å². The Labute approximate surface area is 197 Å². The summed E-state index contributed by atoms with van der Waals surface area (Å²) in [6.45, 7) is 4.03. The molecular weight excluding hydrogens is 471 g/mol. The summed E-state index contributed by atoms with van der Waals surface area (Å²) in [4.78, 5) is 15.1. The average Bonchev–Trinajstić information content (AvgIpc) is 3.14. The number of carbonyl (C=O) groups is 1. The maximum Gasteiger partial charge on any atom is 0.227 e. The van der Waals surface area contributed by atoms with Crippen molar-refractivity contribution in [3.05, 3.63) is 80.7 Å². The highest BCUT2D eigenvalue weighted by molar-refractivity contribution is 7.90. The largest absolute Gasteiger partial charge is 0.361 e. The van der Waals surface area contributed by atoms with Crippen LogP contribution in [0.4, 0.5) is 0 Å². The Morgan fingerprint density at radius 2 is 1.88 bits per heavy atom. The Morgan fingerprint density at radius 1 is 1.19 bits per heavy atom. The zero-order valence-corrected chi connectivity index (χ0v) is 20.0. The Balaban J connectivity index is 1.60. The molecule has 1 atom stereocenters. The molecule has 0 fully saturated rings. The lowest BCUT2D eigenvalue weighted by molar-refractivity contribution is -0.133. The molecule has 1 aliphatic heterocycles. The number of halogens is 2. The van der Waals surface area contributed by atoms with Crippen LogP contribution in [0.3, 0.4) is 0 Å². The van der Waals surface area contributed by atoms with Crippen molar-refractivity contribution in [2.75, 3.05) is 6.54 Å². The monoisotopic (exact) mass is 492 g/mol. The molecule has 0 spiro atoms. The smallest absolute Gasteiger partial charge is 0.227 e. The predicted octanol–water partition coefficient (Wildman–Crippen LogP) is 4.95. The highest BCUT2D eigenvalue weighted by Crippen LogP contribution is 2.35. The summed E-state index contributed by atoms with van der Waals surface area (Å²) in [5.74, 6) is 0.221. The Bertz CT molecular complexity index is 1270. The zero-order chi connectivity index (χ0) is 23.0. The maximum absolute atomic E-state index is 13.1. The first-order valence-corrected chi connectivity index (χ1v) is 12.6. The molecule has 0 saturated carbocycles. The van der Waals surface area contributed by atoms with Gasteiger partial charge in [0.05, 0.1) is 23.1 Å². The van der Waals surface area contributed by atoms with Crippen LogP contribution in [0.25, 0.3) is 0 Å². The Kier molecular flexibility index (Phi) is 6.34. The number of aromatic nitrogens is 1. The molecule has 2 heterocycles. The third-order valence-corrected chi connectivity index (χ3v) is 8.19. The van der Waals surface area contributed by atoms with E-state index < -0.39 is 9.84 Å². The van der Waals surface area contributed by atoms with E-state index in [1.165, 1.54) is 0 Å². The van der Waals surface area contributed by atoms with Crippen molar-refractivity contribution in [1.82, 2.24) is 10.1 Å². The molecule has 6 nitrogen and oxygen atoms in total.